The molecule has 0 aromatic heterocycles. The van der Waals surface area contributed by atoms with E-state index in [1.54, 1.807) is 18.2 Å². The van der Waals surface area contributed by atoms with E-state index >= 15 is 0 Å². The second-order valence-electron chi connectivity index (χ2n) is 4.20. The van der Waals surface area contributed by atoms with Crippen LogP contribution in [0.1, 0.15) is 54.4 Å². The topological polar surface area (TPSA) is 67.2 Å². The van der Waals surface area contributed by atoms with E-state index in [9.17, 15) is 10.1 Å². The van der Waals surface area contributed by atoms with Gasteiger partial charge in [-0.3, -0.25) is 10.1 Å². The molecule has 0 amide bonds. The summed E-state index contributed by atoms with van der Waals surface area (Å²) in [4.78, 5) is 10.5. The number of piperidine rings is 1. The van der Waals surface area contributed by atoms with Gasteiger partial charge in [0.15, 0.2) is 0 Å². The molecule has 130 valence electrons. The van der Waals surface area contributed by atoms with E-state index in [1.165, 1.54) is 6.07 Å². The SMILES string of the molecule is CC.CC.CC.[B]C1CC(Nc2ccccc2[N+](=O)[O-])CCN1. The second kappa shape index (κ2) is 15.3. The molecule has 1 aromatic rings. The molecule has 2 radical (unpaired) electrons. The maximum Gasteiger partial charge on any atom is 0.292 e. The summed E-state index contributed by atoms with van der Waals surface area (Å²) in [6, 6.07) is 6.87. The molecule has 1 aliphatic heterocycles. The smallest absolute Gasteiger partial charge is 0.292 e. The Morgan fingerprint density at radius 2 is 1.74 bits per heavy atom. The van der Waals surface area contributed by atoms with Crippen LogP contribution in [0, 0.1) is 10.1 Å². The lowest BCUT2D eigenvalue weighted by atomic mass is 9.85. The zero-order valence-corrected chi connectivity index (χ0v) is 15.4. The Labute approximate surface area is 142 Å². The number of para-hydroxylation sites is 2. The molecule has 2 unspecified atom stereocenters. The third kappa shape index (κ3) is 9.23. The monoisotopic (exact) mass is 321 g/mol. The minimum Gasteiger partial charge on any atom is -0.377 e. The lowest BCUT2D eigenvalue weighted by molar-refractivity contribution is -0.384. The van der Waals surface area contributed by atoms with Crippen LogP contribution in [-0.2, 0) is 0 Å². The predicted molar refractivity (Wildman–Crippen MR) is 101 cm³/mol. The lowest BCUT2D eigenvalue weighted by Gasteiger charge is -2.29. The van der Waals surface area contributed by atoms with Crippen molar-refractivity contribution < 1.29 is 4.92 Å². The summed E-state index contributed by atoms with van der Waals surface area (Å²) in [5.74, 6) is -0.0379. The van der Waals surface area contributed by atoms with Gasteiger partial charge in [0.25, 0.3) is 5.69 Å². The van der Waals surface area contributed by atoms with Crippen LogP contribution in [0.3, 0.4) is 0 Å². The van der Waals surface area contributed by atoms with Crippen molar-refractivity contribution in [2.24, 2.45) is 0 Å². The first kappa shape index (κ1) is 23.7. The van der Waals surface area contributed by atoms with E-state index in [-0.39, 0.29) is 22.6 Å². The van der Waals surface area contributed by atoms with Gasteiger partial charge in [-0.2, -0.15) is 0 Å². The molecule has 1 fully saturated rings. The van der Waals surface area contributed by atoms with Crippen LogP contribution < -0.4 is 10.6 Å². The summed E-state index contributed by atoms with van der Waals surface area (Å²) in [5, 5.41) is 17.2. The quantitative estimate of drug-likeness (QED) is 0.494. The Morgan fingerprint density at radius 3 is 2.26 bits per heavy atom. The summed E-state index contributed by atoms with van der Waals surface area (Å²) < 4.78 is 0. The number of nitrogens with one attached hydrogen (secondary N) is 2. The number of benzene rings is 1. The number of anilines is 1. The first-order valence-electron chi connectivity index (χ1n) is 8.66. The first-order chi connectivity index (χ1) is 11.2. The average Bonchev–Trinajstić information content (AvgIpc) is 2.60. The van der Waals surface area contributed by atoms with E-state index in [2.05, 4.69) is 10.6 Å². The molecule has 1 aromatic carbocycles. The van der Waals surface area contributed by atoms with Gasteiger partial charge in [0, 0.05) is 12.1 Å². The van der Waals surface area contributed by atoms with Gasteiger partial charge in [-0.05, 0) is 31.4 Å². The van der Waals surface area contributed by atoms with Gasteiger partial charge in [0.2, 0.25) is 0 Å². The molecule has 6 heteroatoms. The molecule has 23 heavy (non-hydrogen) atoms. The van der Waals surface area contributed by atoms with Crippen molar-refractivity contribution in [1.29, 1.82) is 0 Å². The summed E-state index contributed by atoms with van der Waals surface area (Å²) in [7, 11) is 5.79. The minimum atomic E-state index is -0.372. The zero-order valence-electron chi connectivity index (χ0n) is 15.4. The van der Waals surface area contributed by atoms with Gasteiger partial charge < -0.3 is 10.6 Å². The van der Waals surface area contributed by atoms with Crippen LogP contribution in [0.5, 0.6) is 0 Å². The molecule has 0 saturated carbocycles. The highest BCUT2D eigenvalue weighted by atomic mass is 16.6. The summed E-state index contributed by atoms with van der Waals surface area (Å²) >= 11 is 0. The molecular formula is C17H32BN3O2. The number of nitro benzene ring substituents is 1. The fourth-order valence-electron chi connectivity index (χ4n) is 2.06. The molecule has 1 aliphatic rings. The van der Waals surface area contributed by atoms with Crippen molar-refractivity contribution in [2.75, 3.05) is 11.9 Å². The third-order valence-corrected chi connectivity index (χ3v) is 2.90. The normalized spacial score (nSPS) is 18.7. The number of nitrogens with zero attached hydrogens (tertiary/aromatic N) is 1. The number of hydrogen-bond acceptors (Lipinski definition) is 4. The Bertz CT molecular complexity index is 417. The fraction of sp³-hybridized carbons (Fsp3) is 0.647. The van der Waals surface area contributed by atoms with Gasteiger partial charge >= 0.3 is 0 Å². The first-order valence-corrected chi connectivity index (χ1v) is 8.66. The van der Waals surface area contributed by atoms with Crippen LogP contribution in [0.25, 0.3) is 0 Å². The summed E-state index contributed by atoms with van der Waals surface area (Å²) in [6.07, 6.45) is 1.69. The lowest BCUT2D eigenvalue weighted by Crippen LogP contribution is -2.43. The molecule has 2 rings (SSSR count). The number of rotatable bonds is 3. The van der Waals surface area contributed by atoms with Crippen molar-refractivity contribution >= 4 is 19.2 Å². The maximum absolute atomic E-state index is 10.9. The van der Waals surface area contributed by atoms with E-state index in [0.717, 1.165) is 19.4 Å². The van der Waals surface area contributed by atoms with E-state index < -0.39 is 0 Å². The van der Waals surface area contributed by atoms with Gasteiger partial charge in [-0.15, -0.1) is 0 Å². The largest absolute Gasteiger partial charge is 0.377 e. The molecule has 0 aliphatic carbocycles. The molecule has 5 nitrogen and oxygen atoms in total. The highest BCUT2D eigenvalue weighted by Gasteiger charge is 2.20. The van der Waals surface area contributed by atoms with E-state index in [0.29, 0.717) is 5.69 Å². The van der Waals surface area contributed by atoms with Crippen LogP contribution in [0.2, 0.25) is 0 Å². The third-order valence-electron chi connectivity index (χ3n) is 2.90. The maximum atomic E-state index is 10.9. The Kier molecular flexibility index (Phi) is 15.8. The molecule has 2 atom stereocenters. The van der Waals surface area contributed by atoms with Crippen molar-refractivity contribution in [3.8, 4) is 0 Å². The Balaban J connectivity index is 0. The number of hydrogen-bond donors (Lipinski definition) is 2. The molecule has 2 N–H and O–H groups in total. The second-order valence-corrected chi connectivity index (χ2v) is 4.20. The van der Waals surface area contributed by atoms with Crippen molar-refractivity contribution in [3.63, 3.8) is 0 Å². The van der Waals surface area contributed by atoms with Crippen molar-refractivity contribution in [1.82, 2.24) is 5.32 Å². The summed E-state index contributed by atoms with van der Waals surface area (Å²) in [6.45, 7) is 12.8. The molecule has 1 heterocycles. The Hall–Kier alpha value is -1.56. The Morgan fingerprint density at radius 1 is 1.17 bits per heavy atom. The molecular weight excluding hydrogens is 289 g/mol. The van der Waals surface area contributed by atoms with Crippen molar-refractivity contribution in [2.45, 2.75) is 66.4 Å². The van der Waals surface area contributed by atoms with Crippen LogP contribution >= 0.6 is 0 Å². The average molecular weight is 321 g/mol. The van der Waals surface area contributed by atoms with Gasteiger partial charge in [0.1, 0.15) is 5.69 Å². The van der Waals surface area contributed by atoms with E-state index in [1.807, 2.05) is 41.5 Å². The molecule has 0 bridgehead atoms. The van der Waals surface area contributed by atoms with E-state index in [4.69, 9.17) is 7.85 Å². The fourth-order valence-corrected chi connectivity index (χ4v) is 2.06. The molecule has 1 saturated heterocycles. The van der Waals surface area contributed by atoms with Crippen LogP contribution in [-0.4, -0.2) is 31.3 Å². The highest BCUT2D eigenvalue weighted by Crippen LogP contribution is 2.25. The van der Waals surface area contributed by atoms with Crippen LogP contribution in [0.4, 0.5) is 11.4 Å². The highest BCUT2D eigenvalue weighted by molar-refractivity contribution is 6.11. The minimum absolute atomic E-state index is 0.0379. The van der Waals surface area contributed by atoms with Crippen molar-refractivity contribution in [3.05, 3.63) is 34.4 Å². The van der Waals surface area contributed by atoms with Gasteiger partial charge in [-0.1, -0.05) is 53.7 Å². The predicted octanol–water partition coefficient (Wildman–Crippen LogP) is 4.33. The molecule has 0 spiro atoms. The zero-order chi connectivity index (χ0) is 18.3. The standard InChI is InChI=1S/C11H14BN3O2.3C2H6/c12-11-7-8(5-6-13-11)14-9-3-1-2-4-10(9)15(16)17;3*1-2/h1-4,8,11,13-14H,5-7H2;3*1-2H3. The van der Waals surface area contributed by atoms with Crippen LogP contribution in [0.15, 0.2) is 24.3 Å². The summed E-state index contributed by atoms with van der Waals surface area (Å²) in [5.41, 5.74) is 0.677. The number of nitro groups is 1. The van der Waals surface area contributed by atoms with Gasteiger partial charge in [-0.25, -0.2) is 0 Å². The van der Waals surface area contributed by atoms with Gasteiger partial charge in [0.05, 0.1) is 12.8 Å².